The van der Waals surface area contributed by atoms with E-state index in [0.29, 0.717) is 21.9 Å². The summed E-state index contributed by atoms with van der Waals surface area (Å²) in [5.41, 5.74) is 0.495. The predicted molar refractivity (Wildman–Crippen MR) is 145 cm³/mol. The van der Waals surface area contributed by atoms with E-state index in [9.17, 15) is 18.4 Å². The summed E-state index contributed by atoms with van der Waals surface area (Å²) in [4.78, 5) is 27.4. The Morgan fingerprint density at radius 1 is 1.15 bits per heavy atom. The molecule has 0 bridgehead atoms. The standard InChI is InChI=1S/C29H25F2N5O3S/c1-35-29(10-9-17-11-21(17)29)32-27(38)24-26(39-15-16-5-3-2-4-6-16)25(37)20(14-36(24)35)28-34-33-23(40-28)12-18-7-8-19(30)13-22(18)31/h2-8,13-14,17,21H,9-12,15H2,1H3,(H,32,38)/t17-,21+,29?/m1/s1. The van der Waals surface area contributed by atoms with Gasteiger partial charge in [0.25, 0.3) is 5.91 Å². The molecule has 2 aliphatic carbocycles. The highest BCUT2D eigenvalue weighted by atomic mass is 32.1. The average Bonchev–Trinajstić information content (AvgIpc) is 3.46. The zero-order valence-corrected chi connectivity index (χ0v) is 22.4. The third kappa shape index (κ3) is 3.98. The Bertz CT molecular complexity index is 1710. The van der Waals surface area contributed by atoms with Gasteiger partial charge in [-0.2, -0.15) is 0 Å². The molecule has 8 nitrogen and oxygen atoms in total. The summed E-state index contributed by atoms with van der Waals surface area (Å²) in [6.07, 6.45) is 4.64. The van der Waals surface area contributed by atoms with Crippen molar-refractivity contribution in [2.24, 2.45) is 11.8 Å². The molecule has 3 aliphatic rings. The fourth-order valence-electron chi connectivity index (χ4n) is 6.13. The minimum absolute atomic E-state index is 0.0628. The molecule has 204 valence electrons. The minimum Gasteiger partial charge on any atom is -0.482 e. The number of carbonyl (C=O) groups excluding carboxylic acids is 1. The largest absolute Gasteiger partial charge is 0.482 e. The van der Waals surface area contributed by atoms with Gasteiger partial charge in [0.1, 0.15) is 28.9 Å². The number of ether oxygens (including phenoxy) is 1. The van der Waals surface area contributed by atoms with Gasteiger partial charge in [0, 0.05) is 31.6 Å². The summed E-state index contributed by atoms with van der Waals surface area (Å²) in [5, 5.41) is 14.4. The maximum absolute atomic E-state index is 14.3. The Morgan fingerprint density at radius 3 is 2.70 bits per heavy atom. The maximum Gasteiger partial charge on any atom is 0.275 e. The number of aromatic nitrogens is 3. The third-order valence-corrected chi connectivity index (χ3v) is 9.26. The van der Waals surface area contributed by atoms with E-state index in [-0.39, 0.29) is 41.5 Å². The van der Waals surface area contributed by atoms with Gasteiger partial charge < -0.3 is 10.1 Å². The summed E-state index contributed by atoms with van der Waals surface area (Å²) in [6, 6.07) is 12.8. The van der Waals surface area contributed by atoms with Crippen molar-refractivity contribution in [2.75, 3.05) is 12.1 Å². The van der Waals surface area contributed by atoms with Crippen LogP contribution >= 0.6 is 11.3 Å². The lowest BCUT2D eigenvalue weighted by Gasteiger charge is -2.47. The highest BCUT2D eigenvalue weighted by Crippen LogP contribution is 2.58. The molecule has 7 rings (SSSR count). The van der Waals surface area contributed by atoms with Crippen molar-refractivity contribution in [3.05, 3.63) is 98.4 Å². The van der Waals surface area contributed by atoms with Crippen molar-refractivity contribution in [3.8, 4) is 16.3 Å². The van der Waals surface area contributed by atoms with Crippen LogP contribution < -0.4 is 20.5 Å². The van der Waals surface area contributed by atoms with E-state index in [1.54, 1.807) is 10.9 Å². The highest BCUT2D eigenvalue weighted by molar-refractivity contribution is 7.14. The normalized spacial score (nSPS) is 22.7. The summed E-state index contributed by atoms with van der Waals surface area (Å²) >= 11 is 1.15. The van der Waals surface area contributed by atoms with Crippen LogP contribution in [0.5, 0.6) is 5.75 Å². The van der Waals surface area contributed by atoms with Crippen molar-refractivity contribution in [1.82, 2.24) is 20.2 Å². The van der Waals surface area contributed by atoms with Crippen molar-refractivity contribution in [3.63, 3.8) is 0 Å². The molecule has 0 saturated heterocycles. The molecule has 2 fully saturated rings. The molecule has 2 saturated carbocycles. The van der Waals surface area contributed by atoms with Gasteiger partial charge in [-0.3, -0.25) is 19.3 Å². The number of rotatable bonds is 6. The van der Waals surface area contributed by atoms with Crippen LogP contribution in [0.1, 0.15) is 45.9 Å². The molecular weight excluding hydrogens is 536 g/mol. The molecule has 1 unspecified atom stereocenters. The second-order valence-corrected chi connectivity index (χ2v) is 11.7. The Labute approximate surface area is 232 Å². The lowest BCUT2D eigenvalue weighted by Crippen LogP contribution is -2.68. The van der Waals surface area contributed by atoms with E-state index >= 15 is 0 Å². The Balaban J connectivity index is 1.31. The number of hydrogen-bond donors (Lipinski definition) is 1. The molecule has 1 amide bonds. The number of nitrogens with one attached hydrogen (secondary N) is 1. The molecular formula is C29H25F2N5O3S. The number of benzene rings is 2. The van der Waals surface area contributed by atoms with Crippen LogP contribution in [0, 0.1) is 23.5 Å². The molecule has 2 aromatic heterocycles. The quantitative estimate of drug-likeness (QED) is 0.379. The smallest absolute Gasteiger partial charge is 0.275 e. The minimum atomic E-state index is -0.671. The fourth-order valence-corrected chi connectivity index (χ4v) is 7.00. The van der Waals surface area contributed by atoms with Crippen LogP contribution in [0.15, 0.2) is 59.5 Å². The molecule has 40 heavy (non-hydrogen) atoms. The van der Waals surface area contributed by atoms with Gasteiger partial charge in [-0.1, -0.05) is 47.7 Å². The topological polar surface area (TPSA) is 89.3 Å². The summed E-state index contributed by atoms with van der Waals surface area (Å²) in [5.74, 6) is -0.793. The number of hydrogen-bond acceptors (Lipinski definition) is 7. The molecule has 4 aromatic rings. The zero-order chi connectivity index (χ0) is 27.6. The molecule has 11 heteroatoms. The molecule has 2 aromatic carbocycles. The molecule has 1 spiro atoms. The molecule has 1 aliphatic heterocycles. The van der Waals surface area contributed by atoms with Gasteiger partial charge in [-0.05, 0) is 42.4 Å². The van der Waals surface area contributed by atoms with Gasteiger partial charge >= 0.3 is 0 Å². The van der Waals surface area contributed by atoms with Gasteiger partial charge in [0.05, 0.1) is 5.56 Å². The Morgan fingerprint density at radius 2 is 1.98 bits per heavy atom. The van der Waals surface area contributed by atoms with Crippen molar-refractivity contribution >= 4 is 17.2 Å². The van der Waals surface area contributed by atoms with Gasteiger partial charge in [-0.15, -0.1) is 10.2 Å². The average molecular weight is 562 g/mol. The van der Waals surface area contributed by atoms with Crippen LogP contribution in [0.3, 0.4) is 0 Å². The second kappa shape index (κ2) is 9.22. The molecule has 1 N–H and O–H groups in total. The van der Waals surface area contributed by atoms with Crippen LogP contribution in [0.25, 0.3) is 10.6 Å². The predicted octanol–water partition coefficient (Wildman–Crippen LogP) is 4.25. The van der Waals surface area contributed by atoms with Gasteiger partial charge in [0.2, 0.25) is 5.43 Å². The second-order valence-electron chi connectivity index (χ2n) is 10.6. The van der Waals surface area contributed by atoms with E-state index in [1.807, 2.05) is 42.4 Å². The first kappa shape index (κ1) is 24.9. The number of pyridine rings is 1. The van der Waals surface area contributed by atoms with Crippen LogP contribution in [-0.4, -0.2) is 33.5 Å². The fraction of sp³-hybridized carbons (Fsp3) is 0.310. The Kier molecular flexibility index (Phi) is 5.74. The summed E-state index contributed by atoms with van der Waals surface area (Å²) < 4.78 is 35.4. The molecule has 0 radical (unpaired) electrons. The number of amides is 1. The SMILES string of the molecule is CN1n2cc(-c3nnc(Cc4ccc(F)cc4F)s3)c(=O)c(OCc3ccccc3)c2C(=O)NC12CC[C@@H]1C[C@@H]12. The van der Waals surface area contributed by atoms with E-state index in [4.69, 9.17) is 4.74 Å². The van der Waals surface area contributed by atoms with Gasteiger partial charge in [0.15, 0.2) is 16.5 Å². The zero-order valence-electron chi connectivity index (χ0n) is 21.6. The lowest BCUT2D eigenvalue weighted by molar-refractivity contribution is 0.0801. The van der Waals surface area contributed by atoms with Crippen LogP contribution in [0.2, 0.25) is 0 Å². The first-order valence-corrected chi connectivity index (χ1v) is 14.0. The number of halogens is 2. The van der Waals surface area contributed by atoms with Crippen LogP contribution in [-0.2, 0) is 13.0 Å². The van der Waals surface area contributed by atoms with Gasteiger partial charge in [-0.25, -0.2) is 8.78 Å². The summed E-state index contributed by atoms with van der Waals surface area (Å²) in [7, 11) is 1.92. The maximum atomic E-state index is 14.3. The lowest BCUT2D eigenvalue weighted by atomic mass is 10.0. The van der Waals surface area contributed by atoms with Crippen molar-refractivity contribution in [1.29, 1.82) is 0 Å². The third-order valence-electron chi connectivity index (χ3n) is 8.30. The first-order valence-electron chi connectivity index (χ1n) is 13.1. The number of nitrogens with zero attached hydrogens (tertiary/aromatic N) is 4. The Hall–Kier alpha value is -4.12. The highest BCUT2D eigenvalue weighted by Gasteiger charge is 2.62. The van der Waals surface area contributed by atoms with Crippen LogP contribution in [0.4, 0.5) is 8.78 Å². The molecule has 3 atom stereocenters. The van der Waals surface area contributed by atoms with E-state index in [0.717, 1.165) is 42.2 Å². The monoisotopic (exact) mass is 561 g/mol. The summed E-state index contributed by atoms with van der Waals surface area (Å²) in [6.45, 7) is 0.102. The van der Waals surface area contributed by atoms with Crippen molar-refractivity contribution < 1.29 is 18.3 Å². The van der Waals surface area contributed by atoms with E-state index in [1.165, 1.54) is 12.1 Å². The molecule has 3 heterocycles. The van der Waals surface area contributed by atoms with Crippen molar-refractivity contribution in [2.45, 2.75) is 38.0 Å². The number of carbonyl (C=O) groups is 1. The number of fused-ring (bicyclic) bond motifs is 3. The van der Waals surface area contributed by atoms with E-state index < -0.39 is 22.7 Å². The van der Waals surface area contributed by atoms with E-state index in [2.05, 4.69) is 15.5 Å². The first-order chi connectivity index (χ1) is 19.3.